The third kappa shape index (κ3) is 2.34. The zero-order valence-electron chi connectivity index (χ0n) is 8.87. The highest BCUT2D eigenvalue weighted by atomic mass is 16.5. The molecule has 2 aliphatic rings. The molecule has 0 aromatic heterocycles. The van der Waals surface area contributed by atoms with E-state index in [-0.39, 0.29) is 0 Å². The molecule has 0 spiro atoms. The molecule has 2 unspecified atom stereocenters. The normalized spacial score (nSPS) is 35.1. The number of carbonyl (C=O) groups is 1. The maximum Gasteiger partial charge on any atom is 0.135 e. The van der Waals surface area contributed by atoms with Gasteiger partial charge in [-0.15, -0.1) is 0 Å². The molecular formula is C11H19NO2. The van der Waals surface area contributed by atoms with Gasteiger partial charge in [-0.1, -0.05) is 0 Å². The van der Waals surface area contributed by atoms with Crippen LogP contribution in [0.4, 0.5) is 0 Å². The summed E-state index contributed by atoms with van der Waals surface area (Å²) in [5, 5.41) is 0. The number of ketones is 1. The molecule has 2 saturated heterocycles. The first-order chi connectivity index (χ1) is 6.75. The summed E-state index contributed by atoms with van der Waals surface area (Å²) in [7, 11) is 0. The number of nitrogens with zero attached hydrogens (tertiary/aromatic N) is 1. The van der Waals surface area contributed by atoms with Crippen LogP contribution in [0.5, 0.6) is 0 Å². The van der Waals surface area contributed by atoms with E-state index in [1.54, 1.807) is 0 Å². The van der Waals surface area contributed by atoms with Crippen molar-refractivity contribution in [1.29, 1.82) is 0 Å². The highest BCUT2D eigenvalue weighted by Crippen LogP contribution is 2.22. The van der Waals surface area contributed by atoms with Gasteiger partial charge in [0.1, 0.15) is 5.78 Å². The van der Waals surface area contributed by atoms with Crippen molar-refractivity contribution in [2.24, 2.45) is 5.92 Å². The van der Waals surface area contributed by atoms with Crippen molar-refractivity contribution in [3.8, 4) is 0 Å². The van der Waals surface area contributed by atoms with Crippen molar-refractivity contribution in [3.63, 3.8) is 0 Å². The lowest BCUT2D eigenvalue weighted by Gasteiger charge is -2.29. The summed E-state index contributed by atoms with van der Waals surface area (Å²) in [4.78, 5) is 13.5. The average molecular weight is 197 g/mol. The summed E-state index contributed by atoms with van der Waals surface area (Å²) in [5.41, 5.74) is 0. The number of hydrogen-bond donors (Lipinski definition) is 0. The van der Waals surface area contributed by atoms with E-state index >= 15 is 0 Å². The predicted octanol–water partition coefficient (Wildman–Crippen LogP) is 1.08. The van der Waals surface area contributed by atoms with Crippen LogP contribution >= 0.6 is 0 Å². The molecule has 2 fully saturated rings. The van der Waals surface area contributed by atoms with E-state index in [1.807, 2.05) is 0 Å². The fraction of sp³-hybridized carbons (Fsp3) is 0.909. The topological polar surface area (TPSA) is 29.5 Å². The Balaban J connectivity index is 1.77. The van der Waals surface area contributed by atoms with Gasteiger partial charge in [0.15, 0.2) is 0 Å². The van der Waals surface area contributed by atoms with Gasteiger partial charge in [-0.3, -0.25) is 4.79 Å². The second kappa shape index (κ2) is 4.41. The fourth-order valence-electron chi connectivity index (χ4n) is 2.33. The zero-order valence-corrected chi connectivity index (χ0v) is 8.87. The third-order valence-electron chi connectivity index (χ3n) is 3.44. The van der Waals surface area contributed by atoms with E-state index in [2.05, 4.69) is 11.8 Å². The van der Waals surface area contributed by atoms with Gasteiger partial charge >= 0.3 is 0 Å². The van der Waals surface area contributed by atoms with Crippen LogP contribution in [0.1, 0.15) is 26.2 Å². The average Bonchev–Trinajstić information content (AvgIpc) is 2.56. The van der Waals surface area contributed by atoms with Crippen LogP contribution in [0, 0.1) is 5.92 Å². The van der Waals surface area contributed by atoms with Crippen molar-refractivity contribution in [1.82, 2.24) is 4.90 Å². The lowest BCUT2D eigenvalue weighted by Crippen LogP contribution is -2.38. The van der Waals surface area contributed by atoms with Gasteiger partial charge in [-0.05, 0) is 19.3 Å². The Labute approximate surface area is 85.4 Å². The van der Waals surface area contributed by atoms with Crippen LogP contribution in [0.2, 0.25) is 0 Å². The second-order valence-electron chi connectivity index (χ2n) is 4.46. The van der Waals surface area contributed by atoms with Crippen molar-refractivity contribution < 1.29 is 9.53 Å². The van der Waals surface area contributed by atoms with Gasteiger partial charge in [0.2, 0.25) is 0 Å². The van der Waals surface area contributed by atoms with Crippen molar-refractivity contribution in [3.05, 3.63) is 0 Å². The predicted molar refractivity (Wildman–Crippen MR) is 54.2 cm³/mol. The molecule has 2 atom stereocenters. The molecule has 3 nitrogen and oxygen atoms in total. The van der Waals surface area contributed by atoms with Crippen LogP contribution in [0.3, 0.4) is 0 Å². The molecule has 0 bridgehead atoms. The molecule has 3 heteroatoms. The zero-order chi connectivity index (χ0) is 9.97. The Morgan fingerprint density at radius 3 is 2.71 bits per heavy atom. The van der Waals surface area contributed by atoms with Crippen molar-refractivity contribution >= 4 is 5.78 Å². The summed E-state index contributed by atoms with van der Waals surface area (Å²) in [6.07, 6.45) is 3.10. The van der Waals surface area contributed by atoms with E-state index in [0.29, 0.717) is 17.8 Å². The van der Waals surface area contributed by atoms with Crippen LogP contribution in [-0.4, -0.2) is 43.0 Å². The largest absolute Gasteiger partial charge is 0.378 e. The molecule has 80 valence electrons. The van der Waals surface area contributed by atoms with E-state index in [4.69, 9.17) is 4.74 Å². The van der Waals surface area contributed by atoms with Crippen LogP contribution in [-0.2, 0) is 9.53 Å². The number of Topliss-reactive ketones (excluding diaryl/α,β-unsaturated/α-hetero) is 1. The summed E-state index contributed by atoms with van der Waals surface area (Å²) < 4.78 is 5.53. The molecule has 14 heavy (non-hydrogen) atoms. The van der Waals surface area contributed by atoms with Gasteiger partial charge in [0.05, 0.1) is 6.10 Å². The lowest BCUT2D eigenvalue weighted by molar-refractivity contribution is -0.121. The van der Waals surface area contributed by atoms with Gasteiger partial charge in [0.25, 0.3) is 0 Å². The Morgan fingerprint density at radius 1 is 1.43 bits per heavy atom. The molecule has 2 aliphatic heterocycles. The smallest absolute Gasteiger partial charge is 0.135 e. The van der Waals surface area contributed by atoms with Gasteiger partial charge < -0.3 is 9.64 Å². The number of hydrogen-bond acceptors (Lipinski definition) is 3. The monoisotopic (exact) mass is 197 g/mol. The summed E-state index contributed by atoms with van der Waals surface area (Å²) in [6, 6.07) is 0. The lowest BCUT2D eigenvalue weighted by atomic mass is 10.0. The first-order valence-corrected chi connectivity index (χ1v) is 5.61. The van der Waals surface area contributed by atoms with E-state index in [9.17, 15) is 4.79 Å². The number of rotatable bonds is 2. The molecule has 0 aromatic carbocycles. The Morgan fingerprint density at radius 2 is 2.14 bits per heavy atom. The number of ether oxygens (including phenoxy) is 1. The number of likely N-dealkylation sites (tertiary alicyclic amines) is 1. The van der Waals surface area contributed by atoms with Crippen LogP contribution < -0.4 is 0 Å². The molecule has 0 saturated carbocycles. The first kappa shape index (κ1) is 10.1. The highest BCUT2D eigenvalue weighted by molar-refractivity contribution is 5.79. The van der Waals surface area contributed by atoms with E-state index in [0.717, 1.165) is 39.1 Å². The van der Waals surface area contributed by atoms with E-state index < -0.39 is 0 Å². The minimum absolute atomic E-state index is 0.410. The first-order valence-electron chi connectivity index (χ1n) is 5.61. The molecule has 0 aliphatic carbocycles. The Bertz CT molecular complexity index is 207. The van der Waals surface area contributed by atoms with Crippen LogP contribution in [0.15, 0.2) is 0 Å². The quantitative estimate of drug-likeness (QED) is 0.663. The van der Waals surface area contributed by atoms with Gasteiger partial charge in [-0.25, -0.2) is 0 Å². The molecule has 0 aromatic rings. The van der Waals surface area contributed by atoms with Crippen molar-refractivity contribution in [2.45, 2.75) is 32.3 Å². The molecular weight excluding hydrogens is 178 g/mol. The van der Waals surface area contributed by atoms with E-state index in [1.165, 1.54) is 6.42 Å². The number of piperidine rings is 1. The second-order valence-corrected chi connectivity index (χ2v) is 4.46. The molecule has 0 amide bonds. The number of carbonyl (C=O) groups excluding carboxylic acids is 1. The maximum atomic E-state index is 11.1. The minimum Gasteiger partial charge on any atom is -0.378 e. The third-order valence-corrected chi connectivity index (χ3v) is 3.44. The van der Waals surface area contributed by atoms with Gasteiger partial charge in [0, 0.05) is 39.1 Å². The molecule has 2 rings (SSSR count). The summed E-state index contributed by atoms with van der Waals surface area (Å²) >= 11 is 0. The van der Waals surface area contributed by atoms with Crippen molar-refractivity contribution in [2.75, 3.05) is 26.2 Å². The maximum absolute atomic E-state index is 11.1. The van der Waals surface area contributed by atoms with Crippen LogP contribution in [0.25, 0.3) is 0 Å². The summed E-state index contributed by atoms with van der Waals surface area (Å²) in [5.74, 6) is 1.11. The van der Waals surface area contributed by atoms with Gasteiger partial charge in [-0.2, -0.15) is 0 Å². The Kier molecular flexibility index (Phi) is 3.19. The highest BCUT2D eigenvalue weighted by Gasteiger charge is 2.27. The SMILES string of the molecule is CC1OCCC1CN1CCC(=O)CC1. The Hall–Kier alpha value is -0.410. The summed E-state index contributed by atoms with van der Waals surface area (Å²) in [6.45, 7) is 6.12. The molecule has 0 radical (unpaired) electrons. The fourth-order valence-corrected chi connectivity index (χ4v) is 2.33. The molecule has 2 heterocycles. The minimum atomic E-state index is 0.410. The molecule has 0 N–H and O–H groups in total. The standard InChI is InChI=1S/C11H19NO2/c1-9-10(4-7-14-9)8-12-5-2-11(13)3-6-12/h9-10H,2-8H2,1H3.